The van der Waals surface area contributed by atoms with Crippen molar-refractivity contribution in [1.82, 2.24) is 4.57 Å². The van der Waals surface area contributed by atoms with Crippen LogP contribution in [0.25, 0.3) is 21.8 Å². The smallest absolute Gasteiger partial charge is 0.366 e. The van der Waals surface area contributed by atoms with Gasteiger partial charge in [0.1, 0.15) is 0 Å². The van der Waals surface area contributed by atoms with Gasteiger partial charge < -0.3 is 10.3 Å². The predicted molar refractivity (Wildman–Crippen MR) is 116 cm³/mol. The number of primary amides is 1. The lowest BCUT2D eigenvalue weighted by Gasteiger charge is -2.15. The number of nitrogens with two attached hydrogens (primary N) is 1. The molecule has 3 aromatic carbocycles. The van der Waals surface area contributed by atoms with E-state index in [1.54, 1.807) is 22.8 Å². The average Bonchev–Trinajstić information content (AvgIpc) is 3.05. The number of aromatic nitrogens is 1. The Labute approximate surface area is 190 Å². The number of carbonyl (C=O) groups is 1. The van der Waals surface area contributed by atoms with Crippen LogP contribution in [0, 0.1) is 6.07 Å². The van der Waals surface area contributed by atoms with Crippen molar-refractivity contribution in [2.75, 3.05) is 0 Å². The molecule has 9 heteroatoms. The van der Waals surface area contributed by atoms with Crippen LogP contribution in [-0.2, 0) is 25.3 Å². The summed E-state index contributed by atoms with van der Waals surface area (Å²) < 4.78 is 81.8. The minimum Gasteiger partial charge on any atom is -0.366 e. The van der Waals surface area contributed by atoms with Crippen molar-refractivity contribution < 1.29 is 31.1 Å². The molecule has 0 aliphatic rings. The van der Waals surface area contributed by atoms with Crippen LogP contribution in [0.1, 0.15) is 46.0 Å². The maximum atomic E-state index is 13.4. The molecule has 177 valence electrons. The van der Waals surface area contributed by atoms with Gasteiger partial charge in [0.25, 0.3) is 0 Å². The third-order valence-corrected chi connectivity index (χ3v) is 5.65. The Hall–Kier alpha value is -3.49. The number of fused-ring (bicyclic) bond motifs is 3. The molecule has 4 rings (SSSR count). The lowest BCUT2D eigenvalue weighted by atomic mass is 10.0. The van der Waals surface area contributed by atoms with Crippen molar-refractivity contribution >= 4 is 27.7 Å². The highest BCUT2D eigenvalue weighted by molar-refractivity contribution is 6.17. The van der Waals surface area contributed by atoms with Crippen LogP contribution in [0.2, 0.25) is 0 Å². The van der Waals surface area contributed by atoms with E-state index in [1.807, 2.05) is 13.0 Å². The summed E-state index contributed by atoms with van der Waals surface area (Å²) in [6.07, 6.45) is -8.36. The summed E-state index contributed by atoms with van der Waals surface area (Å²) in [6, 6.07) is 13.0. The monoisotopic (exact) mass is 477 g/mol. The van der Waals surface area contributed by atoms with Gasteiger partial charge in [-0.1, -0.05) is 25.5 Å². The molecule has 4 aromatic rings. The van der Waals surface area contributed by atoms with Gasteiger partial charge in [0.15, 0.2) is 0 Å². The molecule has 0 atom stereocenters. The number of aryl methyl sites for hydroxylation is 1. The molecule has 2 N–H and O–H groups in total. The molecule has 0 aliphatic carbocycles. The van der Waals surface area contributed by atoms with E-state index in [0.717, 1.165) is 12.0 Å². The van der Waals surface area contributed by atoms with Gasteiger partial charge in [-0.05, 0) is 60.0 Å². The SMILES string of the molecule is CCCc1c[c]c2c3c(C(N)=O)cccc3n(Cc3cc(C(F)(F)F)cc(C(F)(F)F)c3)c2c1. The first-order chi connectivity index (χ1) is 15.9. The molecular weight excluding hydrogens is 458 g/mol. The Bertz CT molecular complexity index is 1370. The van der Waals surface area contributed by atoms with E-state index in [9.17, 15) is 31.1 Å². The van der Waals surface area contributed by atoms with Gasteiger partial charge in [-0.3, -0.25) is 4.79 Å². The maximum Gasteiger partial charge on any atom is 0.416 e. The third-order valence-electron chi connectivity index (χ3n) is 5.65. The number of carbonyl (C=O) groups excluding carboxylic acids is 1. The van der Waals surface area contributed by atoms with E-state index in [2.05, 4.69) is 6.07 Å². The van der Waals surface area contributed by atoms with Gasteiger partial charge in [-0.2, -0.15) is 26.3 Å². The van der Waals surface area contributed by atoms with Crippen molar-refractivity contribution in [3.05, 3.63) is 82.4 Å². The second-order valence-corrected chi connectivity index (χ2v) is 8.08. The Morgan fingerprint density at radius 1 is 0.941 bits per heavy atom. The van der Waals surface area contributed by atoms with E-state index in [1.165, 1.54) is 6.07 Å². The van der Waals surface area contributed by atoms with Crippen LogP contribution in [0.4, 0.5) is 26.3 Å². The van der Waals surface area contributed by atoms with Gasteiger partial charge in [-0.25, -0.2) is 0 Å². The summed E-state index contributed by atoms with van der Waals surface area (Å²) in [6.45, 7) is 1.70. The van der Waals surface area contributed by atoms with Crippen molar-refractivity contribution in [1.29, 1.82) is 0 Å². The van der Waals surface area contributed by atoms with Gasteiger partial charge in [0, 0.05) is 22.9 Å². The lowest BCUT2D eigenvalue weighted by Crippen LogP contribution is -2.13. The first-order valence-corrected chi connectivity index (χ1v) is 10.4. The molecule has 34 heavy (non-hydrogen) atoms. The molecule has 0 unspecified atom stereocenters. The Morgan fingerprint density at radius 2 is 1.59 bits per heavy atom. The highest BCUT2D eigenvalue weighted by Crippen LogP contribution is 2.38. The number of rotatable bonds is 5. The fourth-order valence-electron chi connectivity index (χ4n) is 4.20. The van der Waals surface area contributed by atoms with E-state index in [0.29, 0.717) is 40.4 Å². The molecule has 0 bridgehead atoms. The van der Waals surface area contributed by atoms with Crippen molar-refractivity contribution in [2.45, 2.75) is 38.7 Å². The van der Waals surface area contributed by atoms with Gasteiger partial charge in [-0.15, -0.1) is 0 Å². The van der Waals surface area contributed by atoms with E-state index in [4.69, 9.17) is 5.73 Å². The van der Waals surface area contributed by atoms with Crippen LogP contribution in [0.5, 0.6) is 0 Å². The topological polar surface area (TPSA) is 48.0 Å². The minimum atomic E-state index is -4.95. The van der Waals surface area contributed by atoms with Crippen LogP contribution in [0.3, 0.4) is 0 Å². The zero-order valence-electron chi connectivity index (χ0n) is 17.9. The highest BCUT2D eigenvalue weighted by Gasteiger charge is 2.37. The highest BCUT2D eigenvalue weighted by atomic mass is 19.4. The van der Waals surface area contributed by atoms with Crippen LogP contribution in [-0.4, -0.2) is 10.5 Å². The number of amides is 1. The molecule has 1 amide bonds. The molecule has 1 radical (unpaired) electrons. The zero-order valence-corrected chi connectivity index (χ0v) is 17.9. The maximum absolute atomic E-state index is 13.4. The summed E-state index contributed by atoms with van der Waals surface area (Å²) in [7, 11) is 0. The molecular formula is C25H19F6N2O. The normalized spacial score (nSPS) is 12.6. The summed E-state index contributed by atoms with van der Waals surface area (Å²) in [5, 5.41) is 0.975. The number of halogens is 6. The molecule has 0 fully saturated rings. The second kappa shape index (κ2) is 8.38. The van der Waals surface area contributed by atoms with Crippen LogP contribution >= 0.6 is 0 Å². The van der Waals surface area contributed by atoms with Crippen LogP contribution < -0.4 is 5.73 Å². The number of benzene rings is 3. The molecule has 1 heterocycles. The number of hydrogen-bond acceptors (Lipinski definition) is 1. The lowest BCUT2D eigenvalue weighted by molar-refractivity contribution is -0.143. The molecule has 3 nitrogen and oxygen atoms in total. The third kappa shape index (κ3) is 4.34. The van der Waals surface area contributed by atoms with E-state index in [-0.39, 0.29) is 23.7 Å². The zero-order chi connectivity index (χ0) is 24.8. The fraction of sp³-hybridized carbons (Fsp3) is 0.240. The summed E-state index contributed by atoms with van der Waals surface area (Å²) >= 11 is 0. The molecule has 0 aliphatic heterocycles. The van der Waals surface area contributed by atoms with Gasteiger partial charge in [0.05, 0.1) is 22.2 Å². The van der Waals surface area contributed by atoms with Crippen molar-refractivity contribution in [2.24, 2.45) is 5.73 Å². The summed E-state index contributed by atoms with van der Waals surface area (Å²) in [5.74, 6) is -0.700. The number of nitrogens with zero attached hydrogens (tertiary/aromatic N) is 1. The quantitative estimate of drug-likeness (QED) is 0.318. The van der Waals surface area contributed by atoms with Gasteiger partial charge in [0.2, 0.25) is 5.91 Å². The van der Waals surface area contributed by atoms with Gasteiger partial charge >= 0.3 is 12.4 Å². The second-order valence-electron chi connectivity index (χ2n) is 8.08. The average molecular weight is 477 g/mol. The minimum absolute atomic E-state index is 0.105. The molecule has 0 saturated heterocycles. The van der Waals surface area contributed by atoms with E-state index < -0.39 is 29.4 Å². The first-order valence-electron chi connectivity index (χ1n) is 10.4. The number of alkyl halides is 6. The summed E-state index contributed by atoms with van der Waals surface area (Å²) in [5.41, 5.74) is 4.70. The van der Waals surface area contributed by atoms with Crippen molar-refractivity contribution in [3.63, 3.8) is 0 Å². The Kier molecular flexibility index (Phi) is 5.83. The fourth-order valence-corrected chi connectivity index (χ4v) is 4.20. The predicted octanol–water partition coefficient (Wildman–Crippen LogP) is 6.73. The summed E-state index contributed by atoms with van der Waals surface area (Å²) in [4.78, 5) is 12.1. The van der Waals surface area contributed by atoms with E-state index >= 15 is 0 Å². The van der Waals surface area contributed by atoms with Crippen LogP contribution in [0.15, 0.2) is 48.5 Å². The Morgan fingerprint density at radius 3 is 2.15 bits per heavy atom. The standard InChI is InChI=1S/C25H19F6N2O/c1-2-4-14-7-8-18-21(11-14)33(20-6-3-5-19(22(18)20)23(32)34)13-15-9-16(24(26,27)28)12-17(10-15)25(29,30)31/h3,5-7,9-12H,2,4,13H2,1H3,(H2,32,34). The largest absolute Gasteiger partial charge is 0.416 e. The Balaban J connectivity index is 2.00. The molecule has 1 aromatic heterocycles. The molecule has 0 saturated carbocycles. The molecule has 0 spiro atoms. The van der Waals surface area contributed by atoms with Crippen molar-refractivity contribution in [3.8, 4) is 0 Å². The number of hydrogen-bond donors (Lipinski definition) is 1. The first kappa shape index (κ1) is 23.7.